The Morgan fingerprint density at radius 2 is 1.59 bits per heavy atom. The average molecular weight is 389 g/mol. The Kier molecular flexibility index (Phi) is 4.68. The minimum absolute atomic E-state index is 0.00839. The van der Waals surface area contributed by atoms with Gasteiger partial charge < -0.3 is 5.11 Å². The van der Waals surface area contributed by atoms with Gasteiger partial charge in [-0.3, -0.25) is 19.3 Å². The maximum absolute atomic E-state index is 13.9. The molecular formula is C23H16FNO4. The monoisotopic (exact) mass is 389 g/mol. The van der Waals surface area contributed by atoms with Gasteiger partial charge in [0.1, 0.15) is 17.5 Å². The van der Waals surface area contributed by atoms with Crippen molar-refractivity contribution in [1.82, 2.24) is 0 Å². The highest BCUT2D eigenvalue weighted by Crippen LogP contribution is 2.41. The fourth-order valence-electron chi connectivity index (χ4n) is 3.64. The zero-order valence-corrected chi connectivity index (χ0v) is 15.2. The van der Waals surface area contributed by atoms with Gasteiger partial charge in [-0.1, -0.05) is 42.5 Å². The van der Waals surface area contributed by atoms with Crippen LogP contribution in [0.15, 0.2) is 78.9 Å². The lowest BCUT2D eigenvalue weighted by Crippen LogP contribution is -2.30. The molecule has 0 radical (unpaired) electrons. The molecule has 3 aromatic rings. The number of ketones is 2. The molecule has 0 bridgehead atoms. The van der Waals surface area contributed by atoms with Crippen LogP contribution >= 0.6 is 0 Å². The summed E-state index contributed by atoms with van der Waals surface area (Å²) in [6.45, 7) is 0. The third-order valence-corrected chi connectivity index (χ3v) is 4.96. The Balaban J connectivity index is 1.87. The van der Waals surface area contributed by atoms with Crippen LogP contribution in [0.2, 0.25) is 0 Å². The van der Waals surface area contributed by atoms with E-state index in [0.717, 1.165) is 0 Å². The number of anilines is 1. The van der Waals surface area contributed by atoms with E-state index in [1.807, 2.05) is 0 Å². The molecule has 1 saturated heterocycles. The number of amides is 1. The average Bonchev–Trinajstić information content (AvgIpc) is 3.00. The van der Waals surface area contributed by atoms with Crippen molar-refractivity contribution in [2.24, 2.45) is 5.92 Å². The van der Waals surface area contributed by atoms with Crippen molar-refractivity contribution in [2.45, 2.75) is 6.04 Å². The molecule has 1 aliphatic rings. The highest BCUT2D eigenvalue weighted by atomic mass is 19.1. The number of nitrogens with zero attached hydrogens (tertiary/aromatic N) is 1. The summed E-state index contributed by atoms with van der Waals surface area (Å²) in [5.74, 6) is -4.04. The van der Waals surface area contributed by atoms with Gasteiger partial charge in [0.2, 0.25) is 5.78 Å². The van der Waals surface area contributed by atoms with E-state index in [1.54, 1.807) is 36.4 Å². The van der Waals surface area contributed by atoms with E-state index in [-0.39, 0.29) is 5.75 Å². The molecule has 1 aliphatic heterocycles. The summed E-state index contributed by atoms with van der Waals surface area (Å²) in [4.78, 5) is 40.1. The first-order valence-corrected chi connectivity index (χ1v) is 8.98. The molecule has 0 saturated carbocycles. The van der Waals surface area contributed by atoms with Crippen LogP contribution in [-0.4, -0.2) is 22.6 Å². The molecule has 0 spiro atoms. The largest absolute Gasteiger partial charge is 0.508 e. The fraction of sp³-hybridized carbons (Fsp3) is 0.0870. The van der Waals surface area contributed by atoms with Crippen LogP contribution in [0.1, 0.15) is 22.0 Å². The normalized spacial score (nSPS) is 18.9. The van der Waals surface area contributed by atoms with Gasteiger partial charge in [-0.2, -0.15) is 0 Å². The number of aromatic hydroxyl groups is 1. The smallest absolute Gasteiger partial charge is 0.295 e. The van der Waals surface area contributed by atoms with Gasteiger partial charge >= 0.3 is 0 Å². The Bertz CT molecular complexity index is 1100. The minimum atomic E-state index is -1.31. The number of Topliss-reactive ketones (excluding diaryl/α,β-unsaturated/α-hetero) is 2. The summed E-state index contributed by atoms with van der Waals surface area (Å²) in [5, 5.41) is 9.55. The van der Waals surface area contributed by atoms with E-state index in [9.17, 15) is 23.9 Å². The van der Waals surface area contributed by atoms with E-state index in [2.05, 4.69) is 0 Å². The lowest BCUT2D eigenvalue weighted by Gasteiger charge is -2.27. The molecule has 2 atom stereocenters. The summed E-state index contributed by atoms with van der Waals surface area (Å²) < 4.78 is 13.9. The highest BCUT2D eigenvalue weighted by Gasteiger charge is 2.52. The maximum Gasteiger partial charge on any atom is 0.295 e. The Hall–Kier alpha value is -3.80. The number of phenols is 1. The number of rotatable bonds is 4. The number of carbonyl (C=O) groups is 3. The molecule has 1 heterocycles. The van der Waals surface area contributed by atoms with E-state index in [1.165, 1.54) is 47.4 Å². The lowest BCUT2D eigenvalue weighted by atomic mass is 9.86. The number of benzene rings is 3. The van der Waals surface area contributed by atoms with Crippen LogP contribution < -0.4 is 4.90 Å². The second-order valence-electron chi connectivity index (χ2n) is 6.76. The number of carbonyl (C=O) groups excluding carboxylic acids is 3. The number of halogens is 1. The predicted octanol–water partition coefficient (Wildman–Crippen LogP) is 3.69. The zero-order chi connectivity index (χ0) is 20.5. The zero-order valence-electron chi connectivity index (χ0n) is 15.2. The van der Waals surface area contributed by atoms with Crippen molar-refractivity contribution in [3.05, 3.63) is 95.8 Å². The summed E-state index contributed by atoms with van der Waals surface area (Å²) in [7, 11) is 0. The SMILES string of the molecule is O=C1C(=O)N(c2ccc(O)cc2)C(c2cccc(F)c2)C1C(=O)c1ccccc1. The summed E-state index contributed by atoms with van der Waals surface area (Å²) >= 11 is 0. The molecule has 5 nitrogen and oxygen atoms in total. The molecule has 1 amide bonds. The quantitative estimate of drug-likeness (QED) is 0.420. The van der Waals surface area contributed by atoms with Gasteiger partial charge in [0.25, 0.3) is 5.91 Å². The number of hydrogen-bond acceptors (Lipinski definition) is 4. The first kappa shape index (κ1) is 18.6. The Morgan fingerprint density at radius 1 is 0.897 bits per heavy atom. The fourth-order valence-corrected chi connectivity index (χ4v) is 3.64. The molecule has 2 unspecified atom stereocenters. The van der Waals surface area contributed by atoms with Crippen LogP contribution in [0.3, 0.4) is 0 Å². The Morgan fingerprint density at radius 3 is 2.24 bits per heavy atom. The van der Waals surface area contributed by atoms with Gasteiger partial charge in [-0.15, -0.1) is 0 Å². The first-order chi connectivity index (χ1) is 14.0. The molecular weight excluding hydrogens is 373 g/mol. The minimum Gasteiger partial charge on any atom is -0.508 e. The number of phenolic OH excluding ortho intramolecular Hbond substituents is 1. The van der Waals surface area contributed by atoms with Crippen molar-refractivity contribution in [1.29, 1.82) is 0 Å². The van der Waals surface area contributed by atoms with Gasteiger partial charge in [0.05, 0.1) is 6.04 Å². The summed E-state index contributed by atoms with van der Waals surface area (Å²) in [5.41, 5.74) is 0.970. The molecule has 0 aromatic heterocycles. The second-order valence-corrected chi connectivity index (χ2v) is 6.76. The maximum atomic E-state index is 13.9. The van der Waals surface area contributed by atoms with Crippen molar-refractivity contribution in [3.63, 3.8) is 0 Å². The molecule has 3 aromatic carbocycles. The van der Waals surface area contributed by atoms with Crippen molar-refractivity contribution >= 4 is 23.2 Å². The van der Waals surface area contributed by atoms with E-state index in [0.29, 0.717) is 16.8 Å². The van der Waals surface area contributed by atoms with Crippen LogP contribution in [0.4, 0.5) is 10.1 Å². The molecule has 0 aliphatic carbocycles. The molecule has 6 heteroatoms. The van der Waals surface area contributed by atoms with E-state index >= 15 is 0 Å². The third-order valence-electron chi connectivity index (χ3n) is 4.96. The van der Waals surface area contributed by atoms with Crippen molar-refractivity contribution in [2.75, 3.05) is 4.90 Å². The van der Waals surface area contributed by atoms with E-state index in [4.69, 9.17) is 0 Å². The molecule has 29 heavy (non-hydrogen) atoms. The van der Waals surface area contributed by atoms with Crippen LogP contribution in [0.5, 0.6) is 5.75 Å². The van der Waals surface area contributed by atoms with Gasteiger partial charge in [0.15, 0.2) is 5.78 Å². The van der Waals surface area contributed by atoms with Crippen LogP contribution in [0, 0.1) is 11.7 Å². The Labute approximate surface area is 166 Å². The standard InChI is InChI=1S/C23H16FNO4/c24-16-8-4-7-15(13-16)20-19(21(27)14-5-2-1-3-6-14)22(28)23(29)25(20)17-9-11-18(26)12-10-17/h1-13,19-20,26H. The van der Waals surface area contributed by atoms with Crippen LogP contribution in [-0.2, 0) is 9.59 Å². The molecule has 1 fully saturated rings. The van der Waals surface area contributed by atoms with Crippen molar-refractivity contribution < 1.29 is 23.9 Å². The summed E-state index contributed by atoms with van der Waals surface area (Å²) in [6.07, 6.45) is 0. The highest BCUT2D eigenvalue weighted by molar-refractivity contribution is 6.49. The third kappa shape index (κ3) is 3.29. The predicted molar refractivity (Wildman–Crippen MR) is 104 cm³/mol. The van der Waals surface area contributed by atoms with Gasteiger partial charge in [-0.25, -0.2) is 4.39 Å². The topological polar surface area (TPSA) is 74.7 Å². The van der Waals surface area contributed by atoms with Crippen molar-refractivity contribution in [3.8, 4) is 5.75 Å². The van der Waals surface area contributed by atoms with E-state index < -0.39 is 35.3 Å². The molecule has 144 valence electrons. The number of hydrogen-bond donors (Lipinski definition) is 1. The summed E-state index contributed by atoms with van der Waals surface area (Å²) in [6, 6.07) is 18.5. The molecule has 1 N–H and O–H groups in total. The molecule has 4 rings (SSSR count). The lowest BCUT2D eigenvalue weighted by molar-refractivity contribution is -0.135. The van der Waals surface area contributed by atoms with Gasteiger partial charge in [-0.05, 0) is 42.0 Å². The van der Waals surface area contributed by atoms with Gasteiger partial charge in [0, 0.05) is 11.3 Å². The van der Waals surface area contributed by atoms with Crippen LogP contribution in [0.25, 0.3) is 0 Å². The first-order valence-electron chi connectivity index (χ1n) is 8.98. The second kappa shape index (κ2) is 7.31.